The van der Waals surface area contributed by atoms with Crippen molar-refractivity contribution in [2.24, 2.45) is 5.92 Å². The maximum atomic E-state index is 12.4. The van der Waals surface area contributed by atoms with Gasteiger partial charge in [-0.3, -0.25) is 4.90 Å². The van der Waals surface area contributed by atoms with Crippen LogP contribution >= 0.6 is 11.6 Å². The van der Waals surface area contributed by atoms with Crippen LogP contribution in [0.5, 0.6) is 0 Å². The first-order valence-electron chi connectivity index (χ1n) is 10.1. The molecule has 0 heterocycles. The molecule has 0 saturated carbocycles. The maximum Gasteiger partial charge on any atom is 0.410 e. The lowest BCUT2D eigenvalue weighted by atomic mass is 10.0. The molecule has 154 valence electrons. The van der Waals surface area contributed by atoms with Crippen LogP contribution in [0.4, 0.5) is 4.79 Å². The number of likely N-dealkylation sites (N-methyl/N-ethyl adjacent to an activating group) is 1. The van der Waals surface area contributed by atoms with E-state index >= 15 is 0 Å². The van der Waals surface area contributed by atoms with E-state index in [-0.39, 0.29) is 18.5 Å². The molecule has 0 saturated heterocycles. The Morgan fingerprint density at radius 2 is 1.42 bits per heavy atom. The summed E-state index contributed by atoms with van der Waals surface area (Å²) >= 11 is 5.57. The van der Waals surface area contributed by atoms with Crippen LogP contribution in [-0.2, 0) is 14.3 Å². The zero-order valence-electron chi connectivity index (χ0n) is 17.1. The third-order valence-electron chi connectivity index (χ3n) is 4.32. The molecule has 6 heteroatoms. The lowest BCUT2D eigenvalue weighted by molar-refractivity contribution is -0.150. The van der Waals surface area contributed by atoms with E-state index in [9.17, 15) is 9.59 Å². The topological polar surface area (TPSA) is 55.8 Å². The predicted molar refractivity (Wildman–Crippen MR) is 107 cm³/mol. The molecule has 0 aliphatic rings. The lowest BCUT2D eigenvalue weighted by Crippen LogP contribution is -2.47. The molecule has 1 amide bonds. The molecule has 0 aliphatic heterocycles. The minimum absolute atomic E-state index is 0.0494. The summed E-state index contributed by atoms with van der Waals surface area (Å²) in [6.07, 6.45) is 9.64. The average molecular weight is 392 g/mol. The van der Waals surface area contributed by atoms with Crippen LogP contribution in [-0.4, -0.2) is 49.1 Å². The van der Waals surface area contributed by atoms with Gasteiger partial charge >= 0.3 is 12.1 Å². The van der Waals surface area contributed by atoms with E-state index < -0.39 is 12.1 Å². The molecule has 0 aliphatic carbocycles. The fraction of sp³-hybridized carbons (Fsp3) is 0.900. The molecule has 0 bridgehead atoms. The number of unbranched alkanes of at least 4 members (excludes halogenated alkanes) is 7. The van der Waals surface area contributed by atoms with E-state index in [0.717, 1.165) is 12.8 Å². The van der Waals surface area contributed by atoms with Crippen molar-refractivity contribution in [2.75, 3.05) is 26.1 Å². The van der Waals surface area contributed by atoms with E-state index in [1.165, 1.54) is 43.4 Å². The van der Waals surface area contributed by atoms with Crippen molar-refractivity contribution >= 4 is 23.7 Å². The van der Waals surface area contributed by atoms with Crippen molar-refractivity contribution in [1.29, 1.82) is 0 Å². The number of amides is 1. The number of ether oxygens (including phenoxy) is 2. The SMILES string of the molecule is CCCCCCCCCCOC(=O)C(C(C)C)N(C)C(=O)OCCCCl. The first kappa shape index (κ1) is 25.0. The molecular formula is C20H38ClNO4. The third-order valence-corrected chi connectivity index (χ3v) is 4.59. The standard InChI is InChI=1S/C20H38ClNO4/c1-5-6-7-8-9-10-11-12-15-25-19(23)18(17(2)3)22(4)20(24)26-16-13-14-21/h17-18H,5-16H2,1-4H3. The van der Waals surface area contributed by atoms with Gasteiger partial charge in [-0.15, -0.1) is 11.6 Å². The summed E-state index contributed by atoms with van der Waals surface area (Å²) in [5.74, 6) is 0.0250. The molecule has 0 fully saturated rings. The Morgan fingerprint density at radius 1 is 0.885 bits per heavy atom. The number of alkyl halides is 1. The largest absolute Gasteiger partial charge is 0.464 e. The van der Waals surface area contributed by atoms with E-state index in [2.05, 4.69) is 6.92 Å². The smallest absolute Gasteiger partial charge is 0.410 e. The number of rotatable bonds is 15. The number of carbonyl (C=O) groups is 2. The Morgan fingerprint density at radius 3 is 1.96 bits per heavy atom. The molecule has 0 spiro atoms. The Bertz CT molecular complexity index is 377. The summed E-state index contributed by atoms with van der Waals surface area (Å²) in [4.78, 5) is 25.7. The molecule has 0 aromatic heterocycles. The number of esters is 1. The van der Waals surface area contributed by atoms with Crippen LogP contribution in [0.25, 0.3) is 0 Å². The molecule has 0 aromatic carbocycles. The van der Waals surface area contributed by atoms with Gasteiger partial charge in [0, 0.05) is 12.9 Å². The third kappa shape index (κ3) is 11.6. The van der Waals surface area contributed by atoms with Gasteiger partial charge in [-0.25, -0.2) is 9.59 Å². The molecular weight excluding hydrogens is 354 g/mol. The van der Waals surface area contributed by atoms with Crippen molar-refractivity contribution < 1.29 is 19.1 Å². The van der Waals surface area contributed by atoms with Gasteiger partial charge in [0.15, 0.2) is 0 Å². The number of hydrogen-bond donors (Lipinski definition) is 0. The van der Waals surface area contributed by atoms with Gasteiger partial charge in [-0.1, -0.05) is 65.7 Å². The van der Waals surface area contributed by atoms with Gasteiger partial charge in [0.2, 0.25) is 0 Å². The highest BCUT2D eigenvalue weighted by Crippen LogP contribution is 2.14. The summed E-state index contributed by atoms with van der Waals surface area (Å²) in [6, 6.07) is -0.632. The van der Waals surface area contributed by atoms with E-state index in [1.54, 1.807) is 7.05 Å². The number of nitrogens with zero attached hydrogens (tertiary/aromatic N) is 1. The summed E-state index contributed by atoms with van der Waals surface area (Å²) in [5, 5.41) is 0. The van der Waals surface area contributed by atoms with Crippen molar-refractivity contribution in [3.8, 4) is 0 Å². The minimum Gasteiger partial charge on any atom is -0.464 e. The van der Waals surface area contributed by atoms with Gasteiger partial charge in [0.05, 0.1) is 13.2 Å². The monoisotopic (exact) mass is 391 g/mol. The molecule has 1 atom stereocenters. The molecule has 0 aromatic rings. The molecule has 0 radical (unpaired) electrons. The van der Waals surface area contributed by atoms with Gasteiger partial charge in [-0.05, 0) is 18.8 Å². The van der Waals surface area contributed by atoms with E-state index in [0.29, 0.717) is 18.9 Å². The number of hydrogen-bond acceptors (Lipinski definition) is 4. The van der Waals surface area contributed by atoms with Crippen molar-refractivity contribution in [2.45, 2.75) is 84.6 Å². The van der Waals surface area contributed by atoms with Crippen LogP contribution in [0.15, 0.2) is 0 Å². The molecule has 26 heavy (non-hydrogen) atoms. The molecule has 0 N–H and O–H groups in total. The first-order valence-corrected chi connectivity index (χ1v) is 10.6. The molecule has 5 nitrogen and oxygen atoms in total. The Kier molecular flexibility index (Phi) is 15.6. The molecule has 1 unspecified atom stereocenters. The van der Waals surface area contributed by atoms with Crippen LogP contribution < -0.4 is 0 Å². The van der Waals surface area contributed by atoms with Crippen LogP contribution in [0, 0.1) is 5.92 Å². The summed E-state index contributed by atoms with van der Waals surface area (Å²) in [6.45, 7) is 6.67. The maximum absolute atomic E-state index is 12.4. The van der Waals surface area contributed by atoms with Crippen LogP contribution in [0.2, 0.25) is 0 Å². The van der Waals surface area contributed by atoms with Gasteiger partial charge in [-0.2, -0.15) is 0 Å². The highest BCUT2D eigenvalue weighted by Gasteiger charge is 2.32. The normalized spacial score (nSPS) is 12.1. The Hall–Kier alpha value is -0.970. The Labute approximate surface area is 164 Å². The van der Waals surface area contributed by atoms with Crippen molar-refractivity contribution in [1.82, 2.24) is 4.90 Å². The van der Waals surface area contributed by atoms with E-state index in [1.807, 2.05) is 13.8 Å². The quantitative estimate of drug-likeness (QED) is 0.213. The zero-order valence-corrected chi connectivity index (χ0v) is 17.9. The fourth-order valence-corrected chi connectivity index (χ4v) is 2.91. The van der Waals surface area contributed by atoms with Crippen LogP contribution in [0.3, 0.4) is 0 Å². The predicted octanol–water partition coefficient (Wildman–Crippen LogP) is 5.39. The second kappa shape index (κ2) is 16.2. The zero-order chi connectivity index (χ0) is 19.8. The van der Waals surface area contributed by atoms with Gasteiger partial charge in [0.25, 0.3) is 0 Å². The minimum atomic E-state index is -0.632. The second-order valence-corrected chi connectivity index (χ2v) is 7.48. The average Bonchev–Trinajstić information content (AvgIpc) is 2.60. The Balaban J connectivity index is 4.09. The van der Waals surface area contributed by atoms with Gasteiger partial charge < -0.3 is 9.47 Å². The van der Waals surface area contributed by atoms with Crippen LogP contribution in [0.1, 0.15) is 78.6 Å². The summed E-state index contributed by atoms with van der Waals surface area (Å²) < 4.78 is 10.5. The molecule has 0 rings (SSSR count). The highest BCUT2D eigenvalue weighted by atomic mass is 35.5. The number of halogens is 1. The van der Waals surface area contributed by atoms with Crippen molar-refractivity contribution in [3.05, 3.63) is 0 Å². The van der Waals surface area contributed by atoms with Crippen molar-refractivity contribution in [3.63, 3.8) is 0 Å². The highest BCUT2D eigenvalue weighted by molar-refractivity contribution is 6.17. The first-order chi connectivity index (χ1) is 12.5. The summed E-state index contributed by atoms with van der Waals surface area (Å²) in [5.41, 5.74) is 0. The van der Waals surface area contributed by atoms with Gasteiger partial charge in [0.1, 0.15) is 6.04 Å². The van der Waals surface area contributed by atoms with E-state index in [4.69, 9.17) is 21.1 Å². The lowest BCUT2D eigenvalue weighted by Gasteiger charge is -2.28. The second-order valence-electron chi connectivity index (χ2n) is 7.10. The number of carbonyl (C=O) groups excluding carboxylic acids is 2. The fourth-order valence-electron chi connectivity index (χ4n) is 2.80. The summed E-state index contributed by atoms with van der Waals surface area (Å²) in [7, 11) is 1.57.